The second-order valence-corrected chi connectivity index (χ2v) is 9.14. The summed E-state index contributed by atoms with van der Waals surface area (Å²) in [6.07, 6.45) is -4.99. The molecule has 0 N–H and O–H groups in total. The van der Waals surface area contributed by atoms with Crippen molar-refractivity contribution in [2.45, 2.75) is 11.3 Å². The Morgan fingerprint density at radius 3 is 1.97 bits per heavy atom. The molecule has 0 bridgehead atoms. The van der Waals surface area contributed by atoms with Gasteiger partial charge in [-0.15, -0.1) is 23.4 Å². The van der Waals surface area contributed by atoms with Gasteiger partial charge in [-0.3, -0.25) is 0 Å². The molecule has 2 aliphatic heterocycles. The van der Waals surface area contributed by atoms with Gasteiger partial charge in [0, 0.05) is 39.3 Å². The van der Waals surface area contributed by atoms with Gasteiger partial charge in [0.15, 0.2) is 11.6 Å². The lowest BCUT2D eigenvalue weighted by Crippen LogP contribution is -2.49. The molecule has 0 saturated carbocycles. The van der Waals surface area contributed by atoms with E-state index in [1.165, 1.54) is 12.1 Å². The predicted octanol–water partition coefficient (Wildman–Crippen LogP) is 1.72. The highest BCUT2D eigenvalue weighted by Crippen LogP contribution is 2.32. The van der Waals surface area contributed by atoms with Crippen LogP contribution < -0.4 is 14.5 Å². The number of ether oxygens (including phenoxy) is 2. The smallest absolute Gasteiger partial charge is 0.404 e. The van der Waals surface area contributed by atoms with Crippen LogP contribution in [0, 0.1) is 0 Å². The molecule has 3 heterocycles. The van der Waals surface area contributed by atoms with E-state index in [9.17, 15) is 21.6 Å². The van der Waals surface area contributed by atoms with Gasteiger partial charge in [0.1, 0.15) is 10.6 Å². The maximum atomic E-state index is 13.0. The number of hydrogen-bond donors (Lipinski definition) is 0. The van der Waals surface area contributed by atoms with Crippen molar-refractivity contribution < 1.29 is 31.1 Å². The molecule has 1 aromatic heterocycles. The summed E-state index contributed by atoms with van der Waals surface area (Å²) in [5, 5.41) is 8.52. The molecule has 0 unspecified atom stereocenters. The molecule has 2 saturated heterocycles. The van der Waals surface area contributed by atoms with Crippen LogP contribution in [0.4, 0.5) is 24.8 Å². The fourth-order valence-electron chi connectivity index (χ4n) is 3.62. The maximum Gasteiger partial charge on any atom is 0.573 e. The van der Waals surface area contributed by atoms with Gasteiger partial charge in [-0.25, -0.2) is 8.42 Å². The van der Waals surface area contributed by atoms with E-state index in [0.29, 0.717) is 32.1 Å². The largest absolute Gasteiger partial charge is 0.573 e. The molecule has 1 aromatic carbocycles. The summed E-state index contributed by atoms with van der Waals surface area (Å²) in [5.74, 6) is 0.617. The second-order valence-electron chi connectivity index (χ2n) is 7.23. The van der Waals surface area contributed by atoms with Crippen molar-refractivity contribution >= 4 is 21.7 Å². The molecule has 0 spiro atoms. The van der Waals surface area contributed by atoms with E-state index in [1.54, 1.807) is 0 Å². The topological polar surface area (TPSA) is 88.1 Å². The summed E-state index contributed by atoms with van der Waals surface area (Å²) >= 11 is 0. The third kappa shape index (κ3) is 5.05. The fraction of sp³-hybridized carbons (Fsp3) is 0.474. The highest BCUT2D eigenvalue weighted by Gasteiger charge is 2.36. The standard InChI is InChI=1S/C19H22F3N5O4S/c20-19(21,22)31-15-3-1-2-4-16(15)32(28,29)27-9-7-25(8-10-27)17-5-6-18(24-23-17)26-11-13-30-14-12-26/h1-6H,7-14H2. The Labute approximate surface area is 183 Å². The van der Waals surface area contributed by atoms with Gasteiger partial charge in [-0.1, -0.05) is 12.1 Å². The second kappa shape index (κ2) is 9.08. The highest BCUT2D eigenvalue weighted by atomic mass is 32.2. The van der Waals surface area contributed by atoms with Gasteiger partial charge in [0.2, 0.25) is 10.0 Å². The van der Waals surface area contributed by atoms with Gasteiger partial charge < -0.3 is 19.3 Å². The van der Waals surface area contributed by atoms with Crippen LogP contribution in [0.3, 0.4) is 0 Å². The van der Waals surface area contributed by atoms with Crippen LogP contribution in [0.25, 0.3) is 0 Å². The molecule has 32 heavy (non-hydrogen) atoms. The van der Waals surface area contributed by atoms with Gasteiger partial charge in [0.05, 0.1) is 13.2 Å². The van der Waals surface area contributed by atoms with Gasteiger partial charge >= 0.3 is 6.36 Å². The van der Waals surface area contributed by atoms with E-state index in [0.717, 1.165) is 35.3 Å². The highest BCUT2D eigenvalue weighted by molar-refractivity contribution is 7.89. The number of halogens is 3. The Balaban J connectivity index is 1.42. The minimum absolute atomic E-state index is 0.0928. The minimum atomic E-state index is -4.99. The number of rotatable bonds is 5. The summed E-state index contributed by atoms with van der Waals surface area (Å²) in [4.78, 5) is 3.45. The van der Waals surface area contributed by atoms with Crippen molar-refractivity contribution in [1.29, 1.82) is 0 Å². The molecule has 2 fully saturated rings. The van der Waals surface area contributed by atoms with Crippen LogP contribution >= 0.6 is 0 Å². The van der Waals surface area contributed by atoms with Crippen molar-refractivity contribution in [3.63, 3.8) is 0 Å². The van der Waals surface area contributed by atoms with E-state index in [4.69, 9.17) is 4.74 Å². The van der Waals surface area contributed by atoms with E-state index in [2.05, 4.69) is 19.8 Å². The summed E-state index contributed by atoms with van der Waals surface area (Å²) in [6, 6.07) is 8.44. The molecule has 4 rings (SSSR count). The first-order valence-corrected chi connectivity index (χ1v) is 11.4. The molecule has 0 atom stereocenters. The fourth-order valence-corrected chi connectivity index (χ4v) is 5.15. The maximum absolute atomic E-state index is 13.0. The number of sulfonamides is 1. The number of anilines is 2. The summed E-state index contributed by atoms with van der Waals surface area (Å²) < 4.78 is 74.4. The third-order valence-electron chi connectivity index (χ3n) is 5.23. The van der Waals surface area contributed by atoms with Crippen LogP contribution in [0.1, 0.15) is 0 Å². The molecule has 0 radical (unpaired) electrons. The zero-order valence-corrected chi connectivity index (χ0v) is 17.8. The Morgan fingerprint density at radius 1 is 0.844 bits per heavy atom. The Bertz CT molecular complexity index is 1020. The summed E-state index contributed by atoms with van der Waals surface area (Å²) in [5.41, 5.74) is 0. The molecule has 2 aromatic rings. The molecule has 0 amide bonds. The lowest BCUT2D eigenvalue weighted by molar-refractivity contribution is -0.275. The molecular formula is C19H22F3N5O4S. The van der Waals surface area contributed by atoms with Gasteiger partial charge in [-0.2, -0.15) is 4.31 Å². The third-order valence-corrected chi connectivity index (χ3v) is 7.16. The van der Waals surface area contributed by atoms with Crippen molar-refractivity contribution in [2.75, 3.05) is 62.3 Å². The lowest BCUT2D eigenvalue weighted by Gasteiger charge is -2.35. The number of morpholine rings is 1. The first-order valence-electron chi connectivity index (χ1n) is 10.0. The van der Waals surface area contributed by atoms with Crippen LogP contribution in [0.5, 0.6) is 5.75 Å². The quantitative estimate of drug-likeness (QED) is 0.649. The Kier molecular flexibility index (Phi) is 6.40. The predicted molar refractivity (Wildman–Crippen MR) is 109 cm³/mol. The minimum Gasteiger partial charge on any atom is -0.404 e. The number of nitrogens with zero attached hydrogens (tertiary/aromatic N) is 5. The van der Waals surface area contributed by atoms with E-state index in [-0.39, 0.29) is 13.1 Å². The number of benzene rings is 1. The zero-order valence-electron chi connectivity index (χ0n) is 17.0. The molecule has 13 heteroatoms. The van der Waals surface area contributed by atoms with E-state index in [1.807, 2.05) is 17.0 Å². The molecule has 174 valence electrons. The van der Waals surface area contributed by atoms with E-state index < -0.39 is 27.0 Å². The monoisotopic (exact) mass is 473 g/mol. The number of para-hydroxylation sites is 1. The SMILES string of the molecule is O=S(=O)(c1ccccc1OC(F)(F)F)N1CCN(c2ccc(N3CCOCC3)nn2)CC1. The van der Waals surface area contributed by atoms with Gasteiger partial charge in [-0.05, 0) is 24.3 Å². The first kappa shape index (κ1) is 22.6. The Hall–Kier alpha value is -2.64. The number of aromatic nitrogens is 2. The molecule has 2 aliphatic rings. The number of alkyl halides is 3. The van der Waals surface area contributed by atoms with Gasteiger partial charge in [0.25, 0.3) is 0 Å². The Morgan fingerprint density at radius 2 is 1.41 bits per heavy atom. The van der Waals surface area contributed by atoms with Crippen LogP contribution in [-0.2, 0) is 14.8 Å². The van der Waals surface area contributed by atoms with Crippen molar-refractivity contribution in [1.82, 2.24) is 14.5 Å². The summed E-state index contributed by atoms with van der Waals surface area (Å²) in [7, 11) is -4.16. The van der Waals surface area contributed by atoms with Crippen molar-refractivity contribution in [3.8, 4) is 5.75 Å². The number of hydrogen-bond acceptors (Lipinski definition) is 8. The first-order chi connectivity index (χ1) is 15.2. The van der Waals surface area contributed by atoms with E-state index >= 15 is 0 Å². The van der Waals surface area contributed by atoms with Crippen LogP contribution in [-0.4, -0.2) is 81.8 Å². The average Bonchev–Trinajstić information content (AvgIpc) is 2.79. The van der Waals surface area contributed by atoms with Crippen LogP contribution in [0.15, 0.2) is 41.3 Å². The molecule has 0 aliphatic carbocycles. The van der Waals surface area contributed by atoms with Crippen LogP contribution in [0.2, 0.25) is 0 Å². The summed E-state index contributed by atoms with van der Waals surface area (Å²) in [6.45, 7) is 3.59. The number of piperazine rings is 1. The normalized spacial score (nSPS) is 18.6. The average molecular weight is 473 g/mol. The van der Waals surface area contributed by atoms with Crippen molar-refractivity contribution in [3.05, 3.63) is 36.4 Å². The van der Waals surface area contributed by atoms with Crippen molar-refractivity contribution in [2.24, 2.45) is 0 Å². The molecular weight excluding hydrogens is 451 g/mol. The molecule has 9 nitrogen and oxygen atoms in total. The lowest BCUT2D eigenvalue weighted by atomic mass is 10.3. The zero-order chi connectivity index (χ0) is 22.8.